The molecule has 2 aromatic rings. The van der Waals surface area contributed by atoms with E-state index in [0.29, 0.717) is 40.6 Å². The number of likely N-dealkylation sites (N-methyl/N-ethyl adjacent to an activating group) is 1. The predicted molar refractivity (Wildman–Crippen MR) is 136 cm³/mol. The smallest absolute Gasteiger partial charge is 0.266 e. The Balaban J connectivity index is 1.41. The van der Waals surface area contributed by atoms with Crippen molar-refractivity contribution in [2.45, 2.75) is 18.7 Å². The lowest BCUT2D eigenvalue weighted by atomic mass is 10.2. The van der Waals surface area contributed by atoms with E-state index >= 15 is 0 Å². The van der Waals surface area contributed by atoms with Crippen molar-refractivity contribution >= 4 is 57.6 Å². The lowest BCUT2D eigenvalue weighted by Gasteiger charge is -2.18. The SMILES string of the molecule is CCN1C(=O)/C(=C\C=C2/Sc3ccc(Cl)cc3N2CC)SC1=Nc1ccc2c(c1)OCCO2. The number of carbonyl (C=O) groups is 1. The number of nitrogens with zero attached hydrogens (tertiary/aromatic N) is 3. The van der Waals surface area contributed by atoms with Gasteiger partial charge in [0.1, 0.15) is 13.2 Å². The summed E-state index contributed by atoms with van der Waals surface area (Å²) in [4.78, 5) is 23.5. The minimum Gasteiger partial charge on any atom is -0.486 e. The third kappa shape index (κ3) is 4.35. The van der Waals surface area contributed by atoms with Crippen molar-refractivity contribution in [3.8, 4) is 11.5 Å². The second kappa shape index (κ2) is 9.37. The Labute approximate surface area is 206 Å². The van der Waals surface area contributed by atoms with Gasteiger partial charge in [-0.1, -0.05) is 23.4 Å². The Morgan fingerprint density at radius 2 is 1.79 bits per heavy atom. The molecular weight excluding hydrogens is 478 g/mol. The van der Waals surface area contributed by atoms with E-state index in [1.807, 2.05) is 55.5 Å². The van der Waals surface area contributed by atoms with Crippen molar-refractivity contribution in [3.63, 3.8) is 0 Å². The molecule has 3 aliphatic rings. The number of amides is 1. The van der Waals surface area contributed by atoms with Crippen LogP contribution in [0.15, 0.2) is 68.4 Å². The number of fused-ring (bicyclic) bond motifs is 2. The van der Waals surface area contributed by atoms with Gasteiger partial charge in [0.25, 0.3) is 5.91 Å². The maximum absolute atomic E-state index is 13.0. The van der Waals surface area contributed by atoms with Gasteiger partial charge in [-0.2, -0.15) is 0 Å². The van der Waals surface area contributed by atoms with Gasteiger partial charge >= 0.3 is 0 Å². The maximum atomic E-state index is 13.0. The standard InChI is InChI=1S/C24H22ClN3O3S2/c1-3-27-17-13-15(25)5-8-20(17)32-22(27)10-9-21-23(29)28(4-2)24(33-21)26-16-6-7-18-19(14-16)31-12-11-30-18/h5-10,13-14H,3-4,11-12H2,1-2H3/b21-9+,22-10-,26-24?. The number of aliphatic imine (C=N–C) groups is 1. The molecule has 1 amide bonds. The molecule has 170 valence electrons. The first-order valence-electron chi connectivity index (χ1n) is 10.7. The van der Waals surface area contributed by atoms with E-state index in [1.54, 1.807) is 16.7 Å². The van der Waals surface area contributed by atoms with Gasteiger partial charge in [0, 0.05) is 29.1 Å². The quantitative estimate of drug-likeness (QED) is 0.477. The molecular formula is C24H22ClN3O3S2. The summed E-state index contributed by atoms with van der Waals surface area (Å²) in [6.45, 7) is 6.47. The number of ether oxygens (including phenoxy) is 2. The molecule has 0 radical (unpaired) electrons. The van der Waals surface area contributed by atoms with Crippen LogP contribution in [0.5, 0.6) is 11.5 Å². The van der Waals surface area contributed by atoms with Gasteiger partial charge in [-0.25, -0.2) is 4.99 Å². The van der Waals surface area contributed by atoms with Crippen LogP contribution in [0.25, 0.3) is 0 Å². The molecule has 0 aliphatic carbocycles. The van der Waals surface area contributed by atoms with Crippen LogP contribution in [0.2, 0.25) is 5.02 Å². The first-order valence-corrected chi connectivity index (χ1v) is 12.7. The Bertz CT molecular complexity index is 1210. The van der Waals surface area contributed by atoms with Crippen LogP contribution in [0.3, 0.4) is 0 Å². The lowest BCUT2D eigenvalue weighted by molar-refractivity contribution is -0.122. The molecule has 9 heteroatoms. The highest BCUT2D eigenvalue weighted by Crippen LogP contribution is 2.47. The topological polar surface area (TPSA) is 54.4 Å². The second-order valence-electron chi connectivity index (χ2n) is 7.37. The largest absolute Gasteiger partial charge is 0.486 e. The summed E-state index contributed by atoms with van der Waals surface area (Å²) in [5.41, 5.74) is 1.82. The number of anilines is 1. The van der Waals surface area contributed by atoms with Gasteiger partial charge in [0.15, 0.2) is 16.7 Å². The normalized spacial score (nSPS) is 20.9. The van der Waals surface area contributed by atoms with E-state index in [4.69, 9.17) is 26.1 Å². The molecule has 2 aromatic carbocycles. The van der Waals surface area contributed by atoms with Crippen LogP contribution in [-0.4, -0.2) is 42.3 Å². The minimum absolute atomic E-state index is 0.0396. The van der Waals surface area contributed by atoms with Crippen LogP contribution in [-0.2, 0) is 4.79 Å². The zero-order valence-electron chi connectivity index (χ0n) is 18.2. The number of rotatable bonds is 4. The molecule has 0 spiro atoms. The van der Waals surface area contributed by atoms with Crippen molar-refractivity contribution < 1.29 is 14.3 Å². The highest BCUT2D eigenvalue weighted by molar-refractivity contribution is 8.18. The second-order valence-corrected chi connectivity index (χ2v) is 9.88. The van der Waals surface area contributed by atoms with Crippen LogP contribution >= 0.6 is 35.1 Å². The fraction of sp³-hybridized carbons (Fsp3) is 0.250. The molecule has 3 aliphatic heterocycles. The fourth-order valence-electron chi connectivity index (χ4n) is 3.77. The number of thioether (sulfide) groups is 2. The first-order chi connectivity index (χ1) is 16.1. The molecule has 0 atom stereocenters. The van der Waals surface area contributed by atoms with Crippen molar-refractivity contribution in [1.82, 2.24) is 4.90 Å². The van der Waals surface area contributed by atoms with E-state index in [2.05, 4.69) is 11.8 Å². The molecule has 1 fully saturated rings. The molecule has 0 aromatic heterocycles. The van der Waals surface area contributed by atoms with Gasteiger partial charge < -0.3 is 14.4 Å². The maximum Gasteiger partial charge on any atom is 0.266 e. The summed E-state index contributed by atoms with van der Waals surface area (Å²) in [7, 11) is 0. The Hall–Kier alpha value is -2.55. The number of allylic oxidation sites excluding steroid dienone is 2. The molecule has 3 heterocycles. The summed E-state index contributed by atoms with van der Waals surface area (Å²) in [6, 6.07) is 11.5. The molecule has 1 saturated heterocycles. The number of hydrogen-bond donors (Lipinski definition) is 0. The van der Waals surface area contributed by atoms with E-state index in [0.717, 1.165) is 33.6 Å². The Kier molecular flexibility index (Phi) is 6.32. The first kappa shape index (κ1) is 22.3. The zero-order valence-corrected chi connectivity index (χ0v) is 20.6. The van der Waals surface area contributed by atoms with Crippen LogP contribution in [0, 0.1) is 0 Å². The van der Waals surface area contributed by atoms with Gasteiger partial charge in [-0.05, 0) is 68.1 Å². The number of carbonyl (C=O) groups excluding carboxylic acids is 1. The third-order valence-corrected chi connectivity index (χ3v) is 7.73. The van der Waals surface area contributed by atoms with E-state index < -0.39 is 0 Å². The fourth-order valence-corrected chi connectivity index (χ4v) is 6.05. The molecule has 33 heavy (non-hydrogen) atoms. The molecule has 5 rings (SSSR count). The highest BCUT2D eigenvalue weighted by Gasteiger charge is 2.32. The summed E-state index contributed by atoms with van der Waals surface area (Å²) >= 11 is 9.26. The average Bonchev–Trinajstić information content (AvgIpc) is 3.32. The Morgan fingerprint density at radius 3 is 2.58 bits per heavy atom. The molecule has 0 saturated carbocycles. The third-order valence-electron chi connectivity index (χ3n) is 5.34. The molecule has 0 unspecified atom stereocenters. The molecule has 6 nitrogen and oxygen atoms in total. The lowest BCUT2D eigenvalue weighted by Crippen LogP contribution is -2.28. The average molecular weight is 500 g/mol. The molecule has 0 bridgehead atoms. The monoisotopic (exact) mass is 499 g/mol. The number of amidine groups is 1. The summed E-state index contributed by atoms with van der Waals surface area (Å²) in [5, 5.41) is 2.44. The van der Waals surface area contributed by atoms with Crippen molar-refractivity contribution in [2.75, 3.05) is 31.2 Å². The van der Waals surface area contributed by atoms with Gasteiger partial charge in [0.2, 0.25) is 0 Å². The van der Waals surface area contributed by atoms with Gasteiger partial charge in [-0.3, -0.25) is 9.69 Å². The summed E-state index contributed by atoms with van der Waals surface area (Å²) < 4.78 is 11.2. The van der Waals surface area contributed by atoms with Crippen LogP contribution in [0.1, 0.15) is 13.8 Å². The minimum atomic E-state index is -0.0396. The summed E-state index contributed by atoms with van der Waals surface area (Å²) in [6.07, 6.45) is 3.89. The number of benzene rings is 2. The van der Waals surface area contributed by atoms with Crippen LogP contribution < -0.4 is 14.4 Å². The van der Waals surface area contributed by atoms with Gasteiger partial charge in [-0.15, -0.1) is 0 Å². The predicted octanol–water partition coefficient (Wildman–Crippen LogP) is 6.05. The number of hydrogen-bond acceptors (Lipinski definition) is 7. The van der Waals surface area contributed by atoms with Crippen molar-refractivity contribution in [3.05, 3.63) is 63.5 Å². The van der Waals surface area contributed by atoms with Gasteiger partial charge in [0.05, 0.1) is 21.3 Å². The van der Waals surface area contributed by atoms with E-state index in [-0.39, 0.29) is 5.91 Å². The number of halogens is 1. The molecule has 0 N–H and O–H groups in total. The zero-order chi connectivity index (χ0) is 22.9. The van der Waals surface area contributed by atoms with E-state index in [1.165, 1.54) is 11.8 Å². The summed E-state index contributed by atoms with van der Waals surface area (Å²) in [5.74, 6) is 1.36. The Morgan fingerprint density at radius 1 is 1.00 bits per heavy atom. The van der Waals surface area contributed by atoms with Crippen molar-refractivity contribution in [1.29, 1.82) is 0 Å². The van der Waals surface area contributed by atoms with Crippen molar-refractivity contribution in [2.24, 2.45) is 4.99 Å². The van der Waals surface area contributed by atoms with Crippen LogP contribution in [0.4, 0.5) is 11.4 Å². The van der Waals surface area contributed by atoms with E-state index in [9.17, 15) is 4.79 Å². The highest BCUT2D eigenvalue weighted by atomic mass is 35.5.